The van der Waals surface area contributed by atoms with Crippen LogP contribution in [0.3, 0.4) is 0 Å². The number of hydrogen-bond acceptors (Lipinski definition) is 4. The molecule has 0 radical (unpaired) electrons. The number of oxime groups is 1. The first-order valence-corrected chi connectivity index (χ1v) is 8.33. The van der Waals surface area contributed by atoms with Gasteiger partial charge >= 0.3 is 0 Å². The van der Waals surface area contributed by atoms with E-state index in [0.717, 1.165) is 5.56 Å². The minimum absolute atomic E-state index is 0.164. The van der Waals surface area contributed by atoms with Crippen molar-refractivity contribution >= 4 is 6.21 Å². The first-order valence-electron chi connectivity index (χ1n) is 8.33. The summed E-state index contributed by atoms with van der Waals surface area (Å²) in [6.07, 6.45) is 5.38. The predicted octanol–water partition coefficient (Wildman–Crippen LogP) is 5.35. The molecule has 2 rings (SSSR count). The molecule has 0 spiro atoms. The zero-order valence-electron chi connectivity index (χ0n) is 15.3. The van der Waals surface area contributed by atoms with Crippen LogP contribution >= 0.6 is 0 Å². The number of hydrogen-bond donors (Lipinski definition) is 0. The average Bonchev–Trinajstić information content (AvgIpc) is 2.62. The molecule has 0 saturated carbocycles. The third kappa shape index (κ3) is 6.69. The molecule has 0 unspecified atom stereocenters. The molecule has 0 aliphatic heterocycles. The highest BCUT2D eigenvalue weighted by Gasteiger charge is 2.14. The molecule has 0 saturated heterocycles. The molecule has 2 aromatic rings. The second-order valence-electron chi connectivity index (χ2n) is 6.46. The minimum atomic E-state index is -0.404. The number of allylic oxidation sites excluding steroid dienone is 1. The van der Waals surface area contributed by atoms with E-state index in [9.17, 15) is 4.39 Å². The van der Waals surface area contributed by atoms with Crippen molar-refractivity contribution < 1.29 is 18.7 Å². The van der Waals surface area contributed by atoms with Gasteiger partial charge in [-0.2, -0.15) is 0 Å². The number of para-hydroxylation sites is 1. The molecule has 5 heteroatoms. The number of rotatable bonds is 9. The Labute approximate surface area is 153 Å². The van der Waals surface area contributed by atoms with Crippen molar-refractivity contribution in [2.75, 3.05) is 13.7 Å². The molecule has 0 atom stereocenters. The topological polar surface area (TPSA) is 40.0 Å². The summed E-state index contributed by atoms with van der Waals surface area (Å²) in [5.41, 5.74) is 0.682. The van der Waals surface area contributed by atoms with Crippen LogP contribution in [0.5, 0.6) is 11.5 Å². The van der Waals surface area contributed by atoms with Gasteiger partial charge in [-0.15, -0.1) is 0 Å². The van der Waals surface area contributed by atoms with Gasteiger partial charge in [-0.25, -0.2) is 4.39 Å². The van der Waals surface area contributed by atoms with Gasteiger partial charge in [0, 0.05) is 5.41 Å². The molecule has 4 nitrogen and oxygen atoms in total. The lowest BCUT2D eigenvalue weighted by atomic mass is 9.94. The molecule has 0 aromatic heterocycles. The smallest absolute Gasteiger partial charge is 0.165 e. The third-order valence-corrected chi connectivity index (χ3v) is 3.51. The number of halogens is 1. The normalized spacial score (nSPS) is 12.0. The van der Waals surface area contributed by atoms with E-state index < -0.39 is 5.82 Å². The fraction of sp³-hybridized carbons (Fsp3) is 0.286. The Morgan fingerprint density at radius 2 is 1.88 bits per heavy atom. The van der Waals surface area contributed by atoms with Crippen molar-refractivity contribution in [3.8, 4) is 11.5 Å². The maximum Gasteiger partial charge on any atom is 0.165 e. The highest BCUT2D eigenvalue weighted by atomic mass is 19.1. The van der Waals surface area contributed by atoms with Gasteiger partial charge < -0.3 is 14.3 Å². The van der Waals surface area contributed by atoms with Gasteiger partial charge in [0.25, 0.3) is 0 Å². The van der Waals surface area contributed by atoms with Gasteiger partial charge in [0.15, 0.2) is 11.6 Å². The molecule has 0 N–H and O–H groups in total. The first-order chi connectivity index (χ1) is 12.5. The van der Waals surface area contributed by atoms with Crippen LogP contribution in [0.4, 0.5) is 4.39 Å². The van der Waals surface area contributed by atoms with Crippen LogP contribution in [0.25, 0.3) is 0 Å². The third-order valence-electron chi connectivity index (χ3n) is 3.51. The lowest BCUT2D eigenvalue weighted by molar-refractivity contribution is 0.0716. The van der Waals surface area contributed by atoms with E-state index in [-0.39, 0.29) is 11.2 Å². The Balaban J connectivity index is 1.92. The summed E-state index contributed by atoms with van der Waals surface area (Å²) >= 11 is 0. The fourth-order valence-electron chi connectivity index (χ4n) is 2.21. The van der Waals surface area contributed by atoms with E-state index in [4.69, 9.17) is 9.47 Å². The molecular weight excluding hydrogens is 333 g/mol. The maximum absolute atomic E-state index is 14.0. The summed E-state index contributed by atoms with van der Waals surface area (Å²) in [5.74, 6) is 0.374. The van der Waals surface area contributed by atoms with Crippen molar-refractivity contribution in [2.24, 2.45) is 10.6 Å². The van der Waals surface area contributed by atoms with Gasteiger partial charge in [0.2, 0.25) is 0 Å². The van der Waals surface area contributed by atoms with Crippen LogP contribution in [0.2, 0.25) is 0 Å². The average molecular weight is 357 g/mol. The number of nitrogens with zero attached hydrogens (tertiary/aromatic N) is 1. The van der Waals surface area contributed by atoms with Gasteiger partial charge in [0.1, 0.15) is 12.9 Å². The van der Waals surface area contributed by atoms with Gasteiger partial charge in [-0.05, 0) is 35.9 Å². The monoisotopic (exact) mass is 357 g/mol. The zero-order chi connectivity index (χ0) is 18.8. The van der Waals surface area contributed by atoms with Crippen LogP contribution in [0.15, 0.2) is 65.8 Å². The second-order valence-corrected chi connectivity index (χ2v) is 6.46. The quantitative estimate of drug-likeness (QED) is 0.449. The number of benzene rings is 2. The van der Waals surface area contributed by atoms with E-state index in [1.54, 1.807) is 30.5 Å². The van der Waals surface area contributed by atoms with E-state index in [0.29, 0.717) is 19.0 Å². The van der Waals surface area contributed by atoms with Crippen molar-refractivity contribution in [1.29, 1.82) is 0 Å². The molecule has 2 aromatic carbocycles. The lowest BCUT2D eigenvalue weighted by Gasteiger charge is -2.20. The Hall–Kier alpha value is -2.66. The number of ether oxygens (including phenoxy) is 2. The molecule has 0 aliphatic rings. The highest BCUT2D eigenvalue weighted by Crippen LogP contribution is 2.26. The van der Waals surface area contributed by atoms with Crippen LogP contribution in [-0.2, 0) is 16.2 Å². The van der Waals surface area contributed by atoms with Crippen LogP contribution < -0.4 is 4.74 Å². The zero-order valence-corrected chi connectivity index (χ0v) is 15.3. The van der Waals surface area contributed by atoms with Crippen molar-refractivity contribution in [3.63, 3.8) is 0 Å². The molecule has 0 aliphatic carbocycles. The molecule has 0 heterocycles. The second kappa shape index (κ2) is 9.73. The molecular formula is C21H24FNO3. The summed E-state index contributed by atoms with van der Waals surface area (Å²) in [7, 11) is 1.50. The van der Waals surface area contributed by atoms with E-state index in [1.807, 2.05) is 30.4 Å². The van der Waals surface area contributed by atoms with Crippen LogP contribution in [-0.4, -0.2) is 19.9 Å². The molecule has 0 bridgehead atoms. The van der Waals surface area contributed by atoms with Gasteiger partial charge in [-0.3, -0.25) is 0 Å². The summed E-state index contributed by atoms with van der Waals surface area (Å²) in [5, 5.41) is 3.65. The van der Waals surface area contributed by atoms with Crippen molar-refractivity contribution in [1.82, 2.24) is 0 Å². The van der Waals surface area contributed by atoms with E-state index >= 15 is 0 Å². The van der Waals surface area contributed by atoms with Gasteiger partial charge in [0.05, 0.1) is 19.4 Å². The van der Waals surface area contributed by atoms with Crippen LogP contribution in [0.1, 0.15) is 19.4 Å². The Morgan fingerprint density at radius 3 is 2.62 bits per heavy atom. The Bertz CT molecular complexity index is 742. The molecule has 26 heavy (non-hydrogen) atoms. The van der Waals surface area contributed by atoms with E-state index in [2.05, 4.69) is 23.8 Å². The van der Waals surface area contributed by atoms with Crippen molar-refractivity contribution in [3.05, 3.63) is 72.1 Å². The summed E-state index contributed by atoms with van der Waals surface area (Å²) in [6, 6.07) is 13.9. The highest BCUT2D eigenvalue weighted by molar-refractivity contribution is 5.70. The van der Waals surface area contributed by atoms with Crippen molar-refractivity contribution in [2.45, 2.75) is 20.5 Å². The summed E-state index contributed by atoms with van der Waals surface area (Å²) in [4.78, 5) is 4.60. The van der Waals surface area contributed by atoms with Gasteiger partial charge in [-0.1, -0.05) is 49.3 Å². The molecule has 138 valence electrons. The lowest BCUT2D eigenvalue weighted by Crippen LogP contribution is -2.16. The standard InChI is InChI=1S/C21H24FNO3/c1-21(2,12-7-13-23-24-3)16-25-15-17-10-11-19(22)20(14-17)26-18-8-5-4-6-9-18/h4-14H,15-16H2,1-3H3. The molecule has 0 fully saturated rings. The Morgan fingerprint density at radius 1 is 1.12 bits per heavy atom. The first kappa shape index (κ1) is 19.7. The Kier molecular flexibility index (Phi) is 7.36. The molecule has 0 amide bonds. The summed E-state index contributed by atoms with van der Waals surface area (Å²) in [6.45, 7) is 4.99. The SMILES string of the molecule is CON=CC=CC(C)(C)COCc1ccc(F)c(Oc2ccccc2)c1. The van der Waals surface area contributed by atoms with Crippen LogP contribution in [0, 0.1) is 11.2 Å². The minimum Gasteiger partial charge on any atom is -0.454 e. The predicted molar refractivity (Wildman–Crippen MR) is 101 cm³/mol. The maximum atomic E-state index is 14.0. The fourth-order valence-corrected chi connectivity index (χ4v) is 2.21. The van der Waals surface area contributed by atoms with E-state index in [1.165, 1.54) is 13.2 Å². The largest absolute Gasteiger partial charge is 0.454 e. The summed E-state index contributed by atoms with van der Waals surface area (Å²) < 4.78 is 25.4.